The normalized spacial score (nSPS) is 19.2. The standard InChI is InChI=1S/C10H10N2O/c11-6-12-9-3-1-2-8-7(9)4-5-10(8)13/h1-3,10,12-13H,4-5H2. The minimum absolute atomic E-state index is 0.351. The van der Waals surface area contributed by atoms with E-state index in [1.165, 1.54) is 0 Å². The third-order valence-corrected chi connectivity index (χ3v) is 2.43. The fourth-order valence-electron chi connectivity index (χ4n) is 1.81. The van der Waals surface area contributed by atoms with E-state index in [0.29, 0.717) is 0 Å². The molecule has 13 heavy (non-hydrogen) atoms. The molecule has 0 spiro atoms. The molecule has 66 valence electrons. The zero-order valence-electron chi connectivity index (χ0n) is 7.12. The monoisotopic (exact) mass is 174 g/mol. The molecule has 0 saturated heterocycles. The van der Waals surface area contributed by atoms with E-state index < -0.39 is 0 Å². The molecule has 1 aromatic carbocycles. The van der Waals surface area contributed by atoms with Crippen LogP contribution in [0.3, 0.4) is 0 Å². The van der Waals surface area contributed by atoms with Gasteiger partial charge in [-0.1, -0.05) is 12.1 Å². The maximum Gasteiger partial charge on any atom is 0.181 e. The highest BCUT2D eigenvalue weighted by Crippen LogP contribution is 2.35. The topological polar surface area (TPSA) is 56.0 Å². The Hall–Kier alpha value is -1.53. The lowest BCUT2D eigenvalue weighted by Gasteiger charge is -2.06. The summed E-state index contributed by atoms with van der Waals surface area (Å²) >= 11 is 0. The molecule has 1 aromatic rings. The van der Waals surface area contributed by atoms with E-state index >= 15 is 0 Å². The lowest BCUT2D eigenvalue weighted by Crippen LogP contribution is -1.94. The summed E-state index contributed by atoms with van der Waals surface area (Å²) in [6, 6.07) is 5.63. The Labute approximate surface area is 76.6 Å². The molecular formula is C10H10N2O. The van der Waals surface area contributed by atoms with Crippen LogP contribution in [0.15, 0.2) is 18.2 Å². The van der Waals surface area contributed by atoms with Crippen molar-refractivity contribution in [2.24, 2.45) is 0 Å². The number of benzene rings is 1. The Morgan fingerprint density at radius 3 is 3.15 bits per heavy atom. The molecule has 0 bridgehead atoms. The molecule has 1 unspecified atom stereocenters. The molecule has 1 atom stereocenters. The Morgan fingerprint density at radius 1 is 1.54 bits per heavy atom. The van der Waals surface area contributed by atoms with Crippen LogP contribution in [0.2, 0.25) is 0 Å². The van der Waals surface area contributed by atoms with Gasteiger partial charge >= 0.3 is 0 Å². The molecule has 1 aliphatic rings. The maximum absolute atomic E-state index is 9.56. The third-order valence-electron chi connectivity index (χ3n) is 2.43. The number of rotatable bonds is 1. The van der Waals surface area contributed by atoms with Gasteiger partial charge in [-0.25, -0.2) is 0 Å². The van der Waals surface area contributed by atoms with Gasteiger partial charge in [0.2, 0.25) is 0 Å². The van der Waals surface area contributed by atoms with Crippen LogP contribution in [0.1, 0.15) is 23.7 Å². The average Bonchev–Trinajstić information content (AvgIpc) is 2.50. The van der Waals surface area contributed by atoms with E-state index in [1.54, 1.807) is 0 Å². The Balaban J connectivity index is 2.46. The van der Waals surface area contributed by atoms with Crippen LogP contribution in [0, 0.1) is 11.5 Å². The number of hydrogen-bond donors (Lipinski definition) is 2. The third kappa shape index (κ3) is 1.25. The van der Waals surface area contributed by atoms with Gasteiger partial charge in [-0.2, -0.15) is 5.26 Å². The van der Waals surface area contributed by atoms with Crippen molar-refractivity contribution in [2.45, 2.75) is 18.9 Å². The van der Waals surface area contributed by atoms with Gasteiger partial charge in [0.25, 0.3) is 0 Å². The van der Waals surface area contributed by atoms with Crippen molar-refractivity contribution in [3.8, 4) is 6.19 Å². The van der Waals surface area contributed by atoms with E-state index in [1.807, 2.05) is 24.4 Å². The summed E-state index contributed by atoms with van der Waals surface area (Å²) < 4.78 is 0. The van der Waals surface area contributed by atoms with Crippen molar-refractivity contribution < 1.29 is 5.11 Å². The number of fused-ring (bicyclic) bond motifs is 1. The predicted molar refractivity (Wildman–Crippen MR) is 49.0 cm³/mol. The first-order valence-electron chi connectivity index (χ1n) is 4.28. The molecule has 3 heteroatoms. The molecule has 3 nitrogen and oxygen atoms in total. The average molecular weight is 174 g/mol. The van der Waals surface area contributed by atoms with Gasteiger partial charge in [0.15, 0.2) is 6.19 Å². The minimum atomic E-state index is -0.351. The van der Waals surface area contributed by atoms with Gasteiger partial charge in [0.1, 0.15) is 0 Å². The van der Waals surface area contributed by atoms with Crippen molar-refractivity contribution in [1.82, 2.24) is 0 Å². The van der Waals surface area contributed by atoms with Crippen LogP contribution in [0.25, 0.3) is 0 Å². The zero-order chi connectivity index (χ0) is 9.26. The summed E-state index contributed by atoms with van der Waals surface area (Å²) in [5.41, 5.74) is 2.87. The van der Waals surface area contributed by atoms with Gasteiger partial charge in [-0.15, -0.1) is 0 Å². The zero-order valence-corrected chi connectivity index (χ0v) is 7.12. The lowest BCUT2D eigenvalue weighted by atomic mass is 10.1. The molecule has 0 amide bonds. The van der Waals surface area contributed by atoms with Crippen LogP contribution in [-0.2, 0) is 6.42 Å². The number of nitriles is 1. The van der Waals surface area contributed by atoms with E-state index in [4.69, 9.17) is 5.26 Å². The quantitative estimate of drug-likeness (QED) is 0.501. The summed E-state index contributed by atoms with van der Waals surface area (Å²) in [7, 11) is 0. The SMILES string of the molecule is N#CNc1cccc2c1CCC2O. The lowest BCUT2D eigenvalue weighted by molar-refractivity contribution is 0.180. The van der Waals surface area contributed by atoms with E-state index in [0.717, 1.165) is 29.7 Å². The first kappa shape index (κ1) is 8.09. The highest BCUT2D eigenvalue weighted by atomic mass is 16.3. The largest absolute Gasteiger partial charge is 0.388 e. The van der Waals surface area contributed by atoms with Gasteiger partial charge in [0, 0.05) is 0 Å². The predicted octanol–water partition coefficient (Wildman–Crippen LogP) is 1.56. The van der Waals surface area contributed by atoms with Crippen molar-refractivity contribution in [2.75, 3.05) is 5.32 Å². The van der Waals surface area contributed by atoms with E-state index in [-0.39, 0.29) is 6.10 Å². The summed E-state index contributed by atoms with van der Waals surface area (Å²) in [5, 5.41) is 20.7. The van der Waals surface area contributed by atoms with Crippen molar-refractivity contribution >= 4 is 5.69 Å². The Bertz CT molecular complexity index is 368. The Morgan fingerprint density at radius 2 is 2.38 bits per heavy atom. The van der Waals surface area contributed by atoms with Crippen LogP contribution < -0.4 is 5.32 Å². The number of aliphatic hydroxyl groups is 1. The summed E-state index contributed by atoms with van der Waals surface area (Å²) in [6.45, 7) is 0. The van der Waals surface area contributed by atoms with Gasteiger partial charge in [-0.3, -0.25) is 5.32 Å². The molecule has 0 aromatic heterocycles. The Kier molecular flexibility index (Phi) is 1.91. The minimum Gasteiger partial charge on any atom is -0.388 e. The summed E-state index contributed by atoms with van der Waals surface area (Å²) in [4.78, 5) is 0. The molecule has 0 aliphatic heterocycles. The van der Waals surface area contributed by atoms with Gasteiger partial charge in [0.05, 0.1) is 11.8 Å². The molecule has 2 rings (SSSR count). The van der Waals surface area contributed by atoms with E-state index in [9.17, 15) is 5.11 Å². The molecular weight excluding hydrogens is 164 g/mol. The second-order valence-corrected chi connectivity index (χ2v) is 3.16. The van der Waals surface area contributed by atoms with Crippen LogP contribution in [0.5, 0.6) is 0 Å². The first-order valence-corrected chi connectivity index (χ1v) is 4.28. The fourth-order valence-corrected chi connectivity index (χ4v) is 1.81. The summed E-state index contributed by atoms with van der Waals surface area (Å²) in [5.74, 6) is 0. The fraction of sp³-hybridized carbons (Fsp3) is 0.300. The number of anilines is 1. The highest BCUT2D eigenvalue weighted by molar-refractivity contribution is 5.58. The second-order valence-electron chi connectivity index (χ2n) is 3.16. The molecule has 0 radical (unpaired) electrons. The second kappa shape index (κ2) is 3.08. The number of nitrogens with one attached hydrogen (secondary N) is 1. The van der Waals surface area contributed by atoms with Gasteiger partial charge < -0.3 is 5.11 Å². The highest BCUT2D eigenvalue weighted by Gasteiger charge is 2.21. The van der Waals surface area contributed by atoms with Crippen molar-refractivity contribution in [1.29, 1.82) is 5.26 Å². The number of aliphatic hydroxyl groups excluding tert-OH is 1. The van der Waals surface area contributed by atoms with E-state index in [2.05, 4.69) is 5.32 Å². The van der Waals surface area contributed by atoms with Crippen molar-refractivity contribution in [3.05, 3.63) is 29.3 Å². The van der Waals surface area contributed by atoms with Crippen molar-refractivity contribution in [3.63, 3.8) is 0 Å². The maximum atomic E-state index is 9.56. The molecule has 1 aliphatic carbocycles. The van der Waals surface area contributed by atoms with Gasteiger partial charge in [-0.05, 0) is 30.0 Å². The summed E-state index contributed by atoms with van der Waals surface area (Å²) in [6.07, 6.45) is 3.16. The molecule has 0 fully saturated rings. The van der Waals surface area contributed by atoms with Crippen LogP contribution in [0.4, 0.5) is 5.69 Å². The van der Waals surface area contributed by atoms with Crippen LogP contribution in [-0.4, -0.2) is 5.11 Å². The molecule has 2 N–H and O–H groups in total. The molecule has 0 saturated carbocycles. The number of hydrogen-bond acceptors (Lipinski definition) is 3. The molecule has 0 heterocycles. The first-order chi connectivity index (χ1) is 6.33. The number of nitrogens with zero attached hydrogens (tertiary/aromatic N) is 1. The smallest absolute Gasteiger partial charge is 0.181 e. The van der Waals surface area contributed by atoms with Crippen LogP contribution >= 0.6 is 0 Å².